The summed E-state index contributed by atoms with van der Waals surface area (Å²) in [4.78, 5) is 11.5. The van der Waals surface area contributed by atoms with Crippen LogP contribution in [0.25, 0.3) is 0 Å². The van der Waals surface area contributed by atoms with Gasteiger partial charge in [-0.3, -0.25) is 0 Å². The van der Waals surface area contributed by atoms with Crippen LogP contribution in [0.4, 0.5) is 18.0 Å². The van der Waals surface area contributed by atoms with Crippen molar-refractivity contribution >= 4 is 6.09 Å². The predicted octanol–water partition coefficient (Wildman–Crippen LogP) is 2.16. The van der Waals surface area contributed by atoms with Crippen molar-refractivity contribution in [3.63, 3.8) is 0 Å². The first kappa shape index (κ1) is 13.7. The molecule has 2 N–H and O–H groups in total. The third kappa shape index (κ3) is 3.85. The van der Waals surface area contributed by atoms with E-state index in [1.54, 1.807) is 0 Å². The standard InChI is InChI=1S/C12H13F3N2O2/c13-12(14,15)8-2-1-3-10(6-8)19-11(18)17-9-4-5-16-7-9/h1-3,6,9,16H,4-5,7H2,(H,17,18). The zero-order chi connectivity index (χ0) is 13.9. The van der Waals surface area contributed by atoms with Crippen LogP contribution in [0, 0.1) is 0 Å². The van der Waals surface area contributed by atoms with E-state index in [-0.39, 0.29) is 11.8 Å². The third-order valence-corrected chi connectivity index (χ3v) is 2.75. The number of rotatable bonds is 2. The van der Waals surface area contributed by atoms with Gasteiger partial charge in [0.1, 0.15) is 5.75 Å². The Balaban J connectivity index is 1.96. The molecular formula is C12H13F3N2O2. The summed E-state index contributed by atoms with van der Waals surface area (Å²) >= 11 is 0. The largest absolute Gasteiger partial charge is 0.416 e. The van der Waals surface area contributed by atoms with E-state index in [0.717, 1.165) is 25.1 Å². The number of halogens is 3. The summed E-state index contributed by atoms with van der Waals surface area (Å²) in [7, 11) is 0. The second kappa shape index (κ2) is 5.48. The summed E-state index contributed by atoms with van der Waals surface area (Å²) in [5.74, 6) is -0.127. The average Bonchev–Trinajstić information content (AvgIpc) is 2.80. The molecule has 1 aliphatic heterocycles. The molecule has 1 heterocycles. The first-order chi connectivity index (χ1) is 8.95. The lowest BCUT2D eigenvalue weighted by molar-refractivity contribution is -0.137. The van der Waals surface area contributed by atoms with Crippen molar-refractivity contribution in [2.75, 3.05) is 13.1 Å². The van der Waals surface area contributed by atoms with E-state index in [0.29, 0.717) is 6.54 Å². The van der Waals surface area contributed by atoms with Gasteiger partial charge in [-0.1, -0.05) is 6.07 Å². The monoisotopic (exact) mass is 274 g/mol. The Labute approximate surface area is 107 Å². The molecule has 0 aliphatic carbocycles. The van der Waals surface area contributed by atoms with Crippen molar-refractivity contribution in [3.8, 4) is 5.75 Å². The molecule has 1 aromatic carbocycles. The maximum Gasteiger partial charge on any atom is 0.416 e. The van der Waals surface area contributed by atoms with E-state index in [4.69, 9.17) is 4.74 Å². The van der Waals surface area contributed by atoms with E-state index in [9.17, 15) is 18.0 Å². The summed E-state index contributed by atoms with van der Waals surface area (Å²) in [5, 5.41) is 5.63. The summed E-state index contributed by atoms with van der Waals surface area (Å²) in [6.07, 6.45) is -4.42. The van der Waals surface area contributed by atoms with Gasteiger partial charge in [0.15, 0.2) is 0 Å². The van der Waals surface area contributed by atoms with Crippen molar-refractivity contribution in [2.45, 2.75) is 18.6 Å². The van der Waals surface area contributed by atoms with Crippen LogP contribution in [0.5, 0.6) is 5.75 Å². The second-order valence-electron chi connectivity index (χ2n) is 4.25. The van der Waals surface area contributed by atoms with Crippen molar-refractivity contribution in [3.05, 3.63) is 29.8 Å². The Kier molecular flexibility index (Phi) is 3.94. The van der Waals surface area contributed by atoms with Crippen LogP contribution in [0.1, 0.15) is 12.0 Å². The van der Waals surface area contributed by atoms with E-state index >= 15 is 0 Å². The predicted molar refractivity (Wildman–Crippen MR) is 61.9 cm³/mol. The number of hydrogen-bond acceptors (Lipinski definition) is 3. The summed E-state index contributed by atoms with van der Waals surface area (Å²) in [6.45, 7) is 1.44. The number of ether oxygens (including phenoxy) is 1. The van der Waals surface area contributed by atoms with Crippen LogP contribution < -0.4 is 15.4 Å². The average molecular weight is 274 g/mol. The first-order valence-electron chi connectivity index (χ1n) is 5.81. The van der Waals surface area contributed by atoms with Crippen LogP contribution in [-0.4, -0.2) is 25.2 Å². The van der Waals surface area contributed by atoms with Crippen LogP contribution in [0.2, 0.25) is 0 Å². The number of alkyl halides is 3. The van der Waals surface area contributed by atoms with Gasteiger partial charge in [-0.2, -0.15) is 13.2 Å². The van der Waals surface area contributed by atoms with Crippen molar-refractivity contribution in [1.82, 2.24) is 10.6 Å². The Bertz CT molecular complexity index is 457. The minimum Gasteiger partial charge on any atom is -0.410 e. The molecule has 1 saturated heterocycles. The summed E-state index contributed by atoms with van der Waals surface area (Å²) in [5.41, 5.74) is -0.847. The zero-order valence-corrected chi connectivity index (χ0v) is 9.96. The molecule has 19 heavy (non-hydrogen) atoms. The molecule has 1 aromatic rings. The number of carbonyl (C=O) groups excluding carboxylic acids is 1. The Morgan fingerprint density at radius 3 is 2.84 bits per heavy atom. The lowest BCUT2D eigenvalue weighted by atomic mass is 10.2. The van der Waals surface area contributed by atoms with Crippen LogP contribution >= 0.6 is 0 Å². The molecule has 104 valence electrons. The molecule has 7 heteroatoms. The second-order valence-corrected chi connectivity index (χ2v) is 4.25. The van der Waals surface area contributed by atoms with Crippen molar-refractivity contribution in [2.24, 2.45) is 0 Å². The van der Waals surface area contributed by atoms with Gasteiger partial charge >= 0.3 is 12.3 Å². The van der Waals surface area contributed by atoms with Gasteiger partial charge in [-0.05, 0) is 31.2 Å². The number of benzene rings is 1. The SMILES string of the molecule is O=C(NC1CCNC1)Oc1cccc(C(F)(F)F)c1. The van der Waals surface area contributed by atoms with Gasteiger partial charge in [0.2, 0.25) is 0 Å². The maximum absolute atomic E-state index is 12.5. The van der Waals surface area contributed by atoms with Crippen LogP contribution in [0.3, 0.4) is 0 Å². The Hall–Kier alpha value is -1.76. The molecule has 0 spiro atoms. The zero-order valence-electron chi connectivity index (χ0n) is 9.96. The molecule has 1 aliphatic rings. The minimum atomic E-state index is -4.45. The number of amides is 1. The van der Waals surface area contributed by atoms with Crippen LogP contribution in [-0.2, 0) is 6.18 Å². The highest BCUT2D eigenvalue weighted by atomic mass is 19.4. The van der Waals surface area contributed by atoms with E-state index in [1.165, 1.54) is 12.1 Å². The first-order valence-corrected chi connectivity index (χ1v) is 5.81. The fraction of sp³-hybridized carbons (Fsp3) is 0.417. The van der Waals surface area contributed by atoms with Gasteiger partial charge < -0.3 is 15.4 Å². The maximum atomic E-state index is 12.5. The molecule has 4 nitrogen and oxygen atoms in total. The number of nitrogens with one attached hydrogen (secondary N) is 2. The molecule has 0 bridgehead atoms. The van der Waals surface area contributed by atoms with E-state index < -0.39 is 17.8 Å². The molecule has 1 amide bonds. The Morgan fingerprint density at radius 2 is 2.21 bits per heavy atom. The Morgan fingerprint density at radius 1 is 1.42 bits per heavy atom. The lowest BCUT2D eigenvalue weighted by Crippen LogP contribution is -2.38. The van der Waals surface area contributed by atoms with E-state index in [2.05, 4.69) is 10.6 Å². The van der Waals surface area contributed by atoms with Gasteiger partial charge in [-0.15, -0.1) is 0 Å². The fourth-order valence-electron chi connectivity index (χ4n) is 1.82. The van der Waals surface area contributed by atoms with Crippen LogP contribution in [0.15, 0.2) is 24.3 Å². The van der Waals surface area contributed by atoms with E-state index in [1.807, 2.05) is 0 Å². The molecule has 1 atom stereocenters. The molecule has 1 fully saturated rings. The van der Waals surface area contributed by atoms with Gasteiger partial charge in [0.05, 0.1) is 5.56 Å². The highest BCUT2D eigenvalue weighted by molar-refractivity contribution is 5.70. The van der Waals surface area contributed by atoms with Gasteiger partial charge in [0, 0.05) is 12.6 Å². The highest BCUT2D eigenvalue weighted by Gasteiger charge is 2.30. The van der Waals surface area contributed by atoms with Crippen molar-refractivity contribution in [1.29, 1.82) is 0 Å². The number of carbonyl (C=O) groups is 1. The fourth-order valence-corrected chi connectivity index (χ4v) is 1.82. The quantitative estimate of drug-likeness (QED) is 0.869. The molecule has 0 radical (unpaired) electrons. The molecule has 2 rings (SSSR count). The molecule has 0 aromatic heterocycles. The molecule has 1 unspecified atom stereocenters. The number of hydrogen-bond donors (Lipinski definition) is 2. The topological polar surface area (TPSA) is 50.4 Å². The minimum absolute atomic E-state index is 0.0432. The lowest BCUT2D eigenvalue weighted by Gasteiger charge is -2.12. The van der Waals surface area contributed by atoms with Gasteiger partial charge in [0.25, 0.3) is 0 Å². The normalized spacial score (nSPS) is 19.2. The smallest absolute Gasteiger partial charge is 0.410 e. The molecule has 0 saturated carbocycles. The summed E-state index contributed by atoms with van der Waals surface area (Å²) < 4.78 is 42.2. The molecular weight excluding hydrogens is 261 g/mol. The van der Waals surface area contributed by atoms with Crippen molar-refractivity contribution < 1.29 is 22.7 Å². The van der Waals surface area contributed by atoms with Gasteiger partial charge in [-0.25, -0.2) is 4.79 Å². The third-order valence-electron chi connectivity index (χ3n) is 2.75. The highest BCUT2D eigenvalue weighted by Crippen LogP contribution is 2.31. The summed E-state index contributed by atoms with van der Waals surface area (Å²) in [6, 6.07) is 4.18.